The van der Waals surface area contributed by atoms with Gasteiger partial charge in [-0.2, -0.15) is 0 Å². The summed E-state index contributed by atoms with van der Waals surface area (Å²) in [7, 11) is 0. The summed E-state index contributed by atoms with van der Waals surface area (Å²) in [5.41, 5.74) is 1.02. The van der Waals surface area contributed by atoms with E-state index in [4.69, 9.17) is 9.84 Å². The molecule has 0 atom stereocenters. The van der Waals surface area contributed by atoms with Crippen LogP contribution < -0.4 is 5.32 Å². The van der Waals surface area contributed by atoms with Crippen LogP contribution in [0.15, 0.2) is 24.3 Å². The molecule has 0 heterocycles. The summed E-state index contributed by atoms with van der Waals surface area (Å²) in [6.45, 7) is 6.16. The Kier molecular flexibility index (Phi) is 7.46. The van der Waals surface area contributed by atoms with Crippen LogP contribution in [0.2, 0.25) is 0 Å². The number of carboxylic acids is 1. The predicted octanol–water partition coefficient (Wildman–Crippen LogP) is 2.11. The van der Waals surface area contributed by atoms with Crippen LogP contribution in [0.3, 0.4) is 0 Å². The Balaban J connectivity index is 2.20. The molecule has 0 aromatic heterocycles. The molecular weight excluding hydrogens is 270 g/mol. The highest BCUT2D eigenvalue weighted by Gasteiger charge is 2.05. The zero-order chi connectivity index (χ0) is 15.7. The summed E-state index contributed by atoms with van der Waals surface area (Å²) in [6.07, 6.45) is 1.04. The molecule has 116 valence electrons. The highest BCUT2D eigenvalue weighted by molar-refractivity contribution is 5.87. The number of hydrogen-bond donors (Lipinski definition) is 2. The average molecular weight is 293 g/mol. The maximum atomic E-state index is 11.7. The molecule has 0 bridgehead atoms. The van der Waals surface area contributed by atoms with E-state index < -0.39 is 5.97 Å². The van der Waals surface area contributed by atoms with E-state index in [0.29, 0.717) is 19.1 Å². The van der Waals surface area contributed by atoms with E-state index in [9.17, 15) is 9.59 Å². The molecule has 0 saturated carbocycles. The molecule has 0 fully saturated rings. The maximum absolute atomic E-state index is 11.7. The van der Waals surface area contributed by atoms with Crippen molar-refractivity contribution in [3.8, 4) is 0 Å². The second-order valence-electron chi connectivity index (χ2n) is 5.35. The summed E-state index contributed by atoms with van der Waals surface area (Å²) < 4.78 is 5.42. The van der Waals surface area contributed by atoms with E-state index in [1.165, 1.54) is 12.1 Å². The highest BCUT2D eigenvalue weighted by atomic mass is 16.5. The minimum absolute atomic E-state index is 0.0677. The number of hydrogen-bond acceptors (Lipinski definition) is 3. The molecule has 2 N–H and O–H groups in total. The van der Waals surface area contributed by atoms with Gasteiger partial charge in [-0.15, -0.1) is 0 Å². The smallest absolute Gasteiger partial charge is 0.335 e. The highest BCUT2D eigenvalue weighted by Crippen LogP contribution is 2.05. The molecule has 5 heteroatoms. The first-order valence-corrected chi connectivity index (χ1v) is 7.15. The number of ether oxygens (including phenoxy) is 1. The van der Waals surface area contributed by atoms with Gasteiger partial charge >= 0.3 is 5.97 Å². The molecule has 0 unspecified atom stereocenters. The van der Waals surface area contributed by atoms with Gasteiger partial charge in [-0.1, -0.05) is 26.0 Å². The zero-order valence-electron chi connectivity index (χ0n) is 12.6. The third kappa shape index (κ3) is 7.46. The number of amides is 1. The van der Waals surface area contributed by atoms with E-state index in [2.05, 4.69) is 19.2 Å². The van der Waals surface area contributed by atoms with Gasteiger partial charge in [0, 0.05) is 19.8 Å². The lowest BCUT2D eigenvalue weighted by Gasteiger charge is -2.08. The molecule has 1 aromatic rings. The van der Waals surface area contributed by atoms with Crippen molar-refractivity contribution in [2.75, 3.05) is 19.8 Å². The molecule has 0 saturated heterocycles. The fraction of sp³-hybridized carbons (Fsp3) is 0.500. The standard InChI is InChI=1S/C16H23NO4/c1-12(2)11-21-9-3-8-17-15(18)10-13-4-6-14(7-5-13)16(19)20/h4-7,12H,3,8-11H2,1-2H3,(H,17,18)(H,19,20). The minimum atomic E-state index is -0.965. The summed E-state index contributed by atoms with van der Waals surface area (Å²) in [5.74, 6) is -0.511. The molecule has 0 radical (unpaired) electrons. The first kappa shape index (κ1) is 17.2. The van der Waals surface area contributed by atoms with E-state index in [-0.39, 0.29) is 17.9 Å². The van der Waals surface area contributed by atoms with E-state index in [1.54, 1.807) is 12.1 Å². The zero-order valence-corrected chi connectivity index (χ0v) is 12.6. The number of aromatic carboxylic acids is 1. The monoisotopic (exact) mass is 293 g/mol. The van der Waals surface area contributed by atoms with Crippen molar-refractivity contribution in [1.82, 2.24) is 5.32 Å². The van der Waals surface area contributed by atoms with Gasteiger partial charge in [-0.25, -0.2) is 4.79 Å². The largest absolute Gasteiger partial charge is 0.478 e. The lowest BCUT2D eigenvalue weighted by atomic mass is 10.1. The van der Waals surface area contributed by atoms with E-state index in [1.807, 2.05) is 0 Å². The average Bonchev–Trinajstić information content (AvgIpc) is 2.43. The van der Waals surface area contributed by atoms with Gasteiger partial charge in [-0.3, -0.25) is 4.79 Å². The van der Waals surface area contributed by atoms with Crippen LogP contribution in [0, 0.1) is 5.92 Å². The Morgan fingerprint density at radius 2 is 1.90 bits per heavy atom. The SMILES string of the molecule is CC(C)COCCCNC(=O)Cc1ccc(C(=O)O)cc1. The number of benzene rings is 1. The fourth-order valence-electron chi connectivity index (χ4n) is 1.73. The van der Waals surface area contributed by atoms with Crippen LogP contribution >= 0.6 is 0 Å². The Bertz CT molecular complexity index is 454. The lowest BCUT2D eigenvalue weighted by Crippen LogP contribution is -2.27. The minimum Gasteiger partial charge on any atom is -0.478 e. The quantitative estimate of drug-likeness (QED) is 0.684. The number of nitrogens with one attached hydrogen (secondary N) is 1. The van der Waals surface area contributed by atoms with Gasteiger partial charge in [0.1, 0.15) is 0 Å². The summed E-state index contributed by atoms with van der Waals surface area (Å²) in [4.78, 5) is 22.4. The molecule has 0 aliphatic rings. The van der Waals surface area contributed by atoms with Crippen LogP contribution in [0.25, 0.3) is 0 Å². The Hall–Kier alpha value is -1.88. The van der Waals surface area contributed by atoms with Crippen LogP contribution in [0.5, 0.6) is 0 Å². The van der Waals surface area contributed by atoms with Crippen LogP contribution in [0.1, 0.15) is 36.2 Å². The molecule has 0 aliphatic carbocycles. The normalized spacial score (nSPS) is 10.6. The number of carboxylic acid groups (broad SMARTS) is 1. The Morgan fingerprint density at radius 3 is 2.48 bits per heavy atom. The van der Waals surface area contributed by atoms with Gasteiger partial charge in [0.25, 0.3) is 0 Å². The Morgan fingerprint density at radius 1 is 1.24 bits per heavy atom. The predicted molar refractivity (Wildman–Crippen MR) is 80.4 cm³/mol. The van der Waals surface area contributed by atoms with Crippen LogP contribution in [-0.2, 0) is 16.0 Å². The molecule has 21 heavy (non-hydrogen) atoms. The first-order chi connectivity index (χ1) is 9.99. The Labute approximate surface area is 125 Å². The van der Waals surface area contributed by atoms with E-state index >= 15 is 0 Å². The van der Waals surface area contributed by atoms with Gasteiger partial charge in [0.2, 0.25) is 5.91 Å². The molecule has 1 amide bonds. The van der Waals surface area contributed by atoms with E-state index in [0.717, 1.165) is 18.6 Å². The molecule has 1 aromatic carbocycles. The maximum Gasteiger partial charge on any atom is 0.335 e. The van der Waals surface area contributed by atoms with Gasteiger partial charge in [0.15, 0.2) is 0 Å². The molecular formula is C16H23NO4. The fourth-order valence-corrected chi connectivity index (χ4v) is 1.73. The van der Waals surface area contributed by atoms with Crippen LogP contribution in [0.4, 0.5) is 0 Å². The first-order valence-electron chi connectivity index (χ1n) is 7.15. The molecule has 0 spiro atoms. The molecule has 1 rings (SSSR count). The second-order valence-corrected chi connectivity index (χ2v) is 5.35. The van der Waals surface area contributed by atoms with Crippen molar-refractivity contribution < 1.29 is 19.4 Å². The molecule has 5 nitrogen and oxygen atoms in total. The van der Waals surface area contributed by atoms with Crippen LogP contribution in [-0.4, -0.2) is 36.7 Å². The van der Waals surface area contributed by atoms with Gasteiger partial charge in [-0.05, 0) is 30.0 Å². The number of rotatable bonds is 9. The van der Waals surface area contributed by atoms with Crippen molar-refractivity contribution in [2.45, 2.75) is 26.7 Å². The van der Waals surface area contributed by atoms with Crippen molar-refractivity contribution in [3.63, 3.8) is 0 Å². The van der Waals surface area contributed by atoms with Crippen molar-refractivity contribution in [1.29, 1.82) is 0 Å². The number of carbonyl (C=O) groups is 2. The third-order valence-corrected chi connectivity index (χ3v) is 2.80. The van der Waals surface area contributed by atoms with Gasteiger partial charge < -0.3 is 15.2 Å². The number of carbonyl (C=O) groups excluding carboxylic acids is 1. The lowest BCUT2D eigenvalue weighted by molar-refractivity contribution is -0.120. The van der Waals surface area contributed by atoms with Crippen molar-refractivity contribution in [3.05, 3.63) is 35.4 Å². The van der Waals surface area contributed by atoms with Crippen molar-refractivity contribution >= 4 is 11.9 Å². The summed E-state index contributed by atoms with van der Waals surface area (Å²) in [6, 6.07) is 6.33. The summed E-state index contributed by atoms with van der Waals surface area (Å²) >= 11 is 0. The summed E-state index contributed by atoms with van der Waals surface area (Å²) in [5, 5.41) is 11.6. The topological polar surface area (TPSA) is 75.6 Å². The second kappa shape index (κ2) is 9.13. The third-order valence-electron chi connectivity index (χ3n) is 2.80. The van der Waals surface area contributed by atoms with Crippen molar-refractivity contribution in [2.24, 2.45) is 5.92 Å². The van der Waals surface area contributed by atoms with Gasteiger partial charge in [0.05, 0.1) is 12.0 Å². The molecule has 0 aliphatic heterocycles.